The fourth-order valence-corrected chi connectivity index (χ4v) is 3.50. The van der Waals surface area contributed by atoms with Crippen LogP contribution in [0.25, 0.3) is 0 Å². The Morgan fingerprint density at radius 2 is 1.71 bits per heavy atom. The van der Waals surface area contributed by atoms with Crippen molar-refractivity contribution in [3.05, 3.63) is 42.5 Å². The molecule has 3 rings (SSSR count). The maximum Gasteiger partial charge on any atom is 0.245 e. The maximum absolute atomic E-state index is 12.4. The van der Waals surface area contributed by atoms with Crippen molar-refractivity contribution in [2.45, 2.75) is 6.92 Å². The van der Waals surface area contributed by atoms with Gasteiger partial charge in [-0.2, -0.15) is 0 Å². The molecule has 0 fully saturated rings. The molecule has 2 N–H and O–H groups in total. The van der Waals surface area contributed by atoms with Gasteiger partial charge in [-0.25, -0.2) is 8.42 Å². The number of anilines is 3. The number of ether oxygens (including phenoxy) is 2. The average molecular weight is 405 g/mol. The van der Waals surface area contributed by atoms with E-state index >= 15 is 0 Å². The Bertz CT molecular complexity index is 1020. The van der Waals surface area contributed by atoms with Gasteiger partial charge in [0.25, 0.3) is 0 Å². The van der Waals surface area contributed by atoms with Crippen molar-refractivity contribution < 1.29 is 27.5 Å². The highest BCUT2D eigenvalue weighted by Crippen LogP contribution is 2.36. The van der Waals surface area contributed by atoms with E-state index in [1.54, 1.807) is 36.4 Å². The highest BCUT2D eigenvalue weighted by atomic mass is 32.2. The normalized spacial score (nSPS) is 12.4. The summed E-state index contributed by atoms with van der Waals surface area (Å²) in [5.74, 6) is 0.142. The molecule has 9 nitrogen and oxygen atoms in total. The Hall–Kier alpha value is -3.27. The zero-order valence-corrected chi connectivity index (χ0v) is 16.1. The van der Waals surface area contributed by atoms with Gasteiger partial charge in [0.1, 0.15) is 6.54 Å². The number of amides is 2. The zero-order chi connectivity index (χ0) is 20.3. The van der Waals surface area contributed by atoms with Crippen LogP contribution in [-0.4, -0.2) is 39.8 Å². The van der Waals surface area contributed by atoms with Crippen LogP contribution < -0.4 is 24.4 Å². The van der Waals surface area contributed by atoms with Gasteiger partial charge in [0, 0.05) is 24.4 Å². The number of nitrogens with zero attached hydrogens (tertiary/aromatic N) is 1. The van der Waals surface area contributed by atoms with Crippen LogP contribution in [0.2, 0.25) is 0 Å². The predicted octanol–water partition coefficient (Wildman–Crippen LogP) is 1.78. The first kappa shape index (κ1) is 19.5. The molecule has 0 atom stereocenters. The Labute approximate surface area is 162 Å². The maximum atomic E-state index is 12.4. The second kappa shape index (κ2) is 7.77. The molecule has 0 spiro atoms. The fraction of sp³-hybridized carbons (Fsp3) is 0.222. The van der Waals surface area contributed by atoms with Crippen LogP contribution in [-0.2, 0) is 19.6 Å². The van der Waals surface area contributed by atoms with E-state index in [4.69, 9.17) is 9.47 Å². The molecule has 0 saturated carbocycles. The lowest BCUT2D eigenvalue weighted by atomic mass is 10.2. The molecule has 2 aromatic rings. The smallest absolute Gasteiger partial charge is 0.245 e. The van der Waals surface area contributed by atoms with E-state index in [-0.39, 0.29) is 18.4 Å². The molecule has 1 aliphatic rings. The summed E-state index contributed by atoms with van der Waals surface area (Å²) in [6.07, 6.45) is 1.02. The number of rotatable bonds is 6. The number of hydrogen-bond donors (Lipinski definition) is 2. The highest BCUT2D eigenvalue weighted by molar-refractivity contribution is 7.92. The monoisotopic (exact) mass is 405 g/mol. The number of benzene rings is 2. The van der Waals surface area contributed by atoms with Crippen molar-refractivity contribution >= 4 is 38.9 Å². The van der Waals surface area contributed by atoms with Gasteiger partial charge in [-0.3, -0.25) is 13.9 Å². The van der Waals surface area contributed by atoms with Gasteiger partial charge in [0.05, 0.1) is 11.9 Å². The zero-order valence-electron chi connectivity index (χ0n) is 15.3. The van der Waals surface area contributed by atoms with Crippen LogP contribution >= 0.6 is 0 Å². The van der Waals surface area contributed by atoms with E-state index in [0.29, 0.717) is 22.9 Å². The minimum Gasteiger partial charge on any atom is -0.454 e. The fourth-order valence-electron chi connectivity index (χ4n) is 2.65. The number of carbonyl (C=O) groups is 2. The van der Waals surface area contributed by atoms with Gasteiger partial charge < -0.3 is 20.1 Å². The van der Waals surface area contributed by atoms with Crippen LogP contribution in [0.1, 0.15) is 6.92 Å². The van der Waals surface area contributed by atoms with Crippen LogP contribution in [0.15, 0.2) is 42.5 Å². The van der Waals surface area contributed by atoms with E-state index in [9.17, 15) is 18.0 Å². The van der Waals surface area contributed by atoms with Crippen LogP contribution in [0, 0.1) is 0 Å². The Morgan fingerprint density at radius 1 is 1.04 bits per heavy atom. The molecule has 1 heterocycles. The number of nitrogens with one attached hydrogen (secondary N) is 2. The SMILES string of the molecule is CC(=O)Nc1cccc(NC(=O)CN(c2ccc3c(c2)OCO3)S(C)(=O)=O)c1. The second-order valence-electron chi connectivity index (χ2n) is 6.12. The van der Waals surface area contributed by atoms with Gasteiger partial charge >= 0.3 is 0 Å². The first-order valence-corrected chi connectivity index (χ1v) is 10.1. The first-order chi connectivity index (χ1) is 13.2. The van der Waals surface area contributed by atoms with E-state index in [1.807, 2.05) is 0 Å². The van der Waals surface area contributed by atoms with Crippen molar-refractivity contribution in [2.75, 3.05) is 34.5 Å². The van der Waals surface area contributed by atoms with Crippen LogP contribution in [0.5, 0.6) is 11.5 Å². The Balaban J connectivity index is 1.77. The van der Waals surface area contributed by atoms with E-state index < -0.39 is 22.5 Å². The number of carbonyl (C=O) groups excluding carboxylic acids is 2. The molecule has 0 saturated heterocycles. The standard InChI is InChI=1S/C18H19N3O6S/c1-12(22)19-13-4-3-5-14(8-13)20-18(23)10-21(28(2,24)25)15-6-7-16-17(9-15)27-11-26-16/h3-9H,10-11H2,1-2H3,(H,19,22)(H,20,23). The van der Waals surface area contributed by atoms with E-state index in [1.165, 1.54) is 13.0 Å². The Morgan fingerprint density at radius 3 is 2.39 bits per heavy atom. The van der Waals surface area contributed by atoms with Crippen LogP contribution in [0.4, 0.5) is 17.1 Å². The van der Waals surface area contributed by atoms with Gasteiger partial charge in [-0.1, -0.05) is 6.07 Å². The molecule has 0 unspecified atom stereocenters. The Kier molecular flexibility index (Phi) is 5.41. The van der Waals surface area contributed by atoms with Crippen molar-refractivity contribution in [1.82, 2.24) is 0 Å². The molecule has 10 heteroatoms. The summed E-state index contributed by atoms with van der Waals surface area (Å²) >= 11 is 0. The lowest BCUT2D eigenvalue weighted by molar-refractivity contribution is -0.115. The van der Waals surface area contributed by atoms with Gasteiger partial charge in [-0.05, 0) is 30.3 Å². The average Bonchev–Trinajstić information content (AvgIpc) is 3.06. The summed E-state index contributed by atoms with van der Waals surface area (Å²) < 4.78 is 35.9. The molecular weight excluding hydrogens is 386 g/mol. The van der Waals surface area contributed by atoms with Crippen molar-refractivity contribution in [1.29, 1.82) is 0 Å². The molecule has 2 amide bonds. The van der Waals surface area contributed by atoms with Crippen LogP contribution in [0.3, 0.4) is 0 Å². The van der Waals surface area contributed by atoms with Gasteiger partial charge in [0.15, 0.2) is 11.5 Å². The van der Waals surface area contributed by atoms with Crippen molar-refractivity contribution in [3.63, 3.8) is 0 Å². The third kappa shape index (κ3) is 4.71. The van der Waals surface area contributed by atoms with E-state index in [0.717, 1.165) is 10.6 Å². The third-order valence-electron chi connectivity index (χ3n) is 3.80. The summed E-state index contributed by atoms with van der Waals surface area (Å²) in [5.41, 5.74) is 1.23. The number of sulfonamides is 1. The quantitative estimate of drug-likeness (QED) is 0.757. The molecule has 0 aromatic heterocycles. The highest BCUT2D eigenvalue weighted by Gasteiger charge is 2.24. The predicted molar refractivity (Wildman–Crippen MR) is 104 cm³/mol. The molecule has 0 bridgehead atoms. The molecule has 1 aliphatic heterocycles. The first-order valence-electron chi connectivity index (χ1n) is 8.27. The lowest BCUT2D eigenvalue weighted by Gasteiger charge is -2.22. The number of hydrogen-bond acceptors (Lipinski definition) is 6. The molecule has 148 valence electrons. The minimum absolute atomic E-state index is 0.0583. The van der Waals surface area contributed by atoms with E-state index in [2.05, 4.69) is 10.6 Å². The summed E-state index contributed by atoms with van der Waals surface area (Å²) in [7, 11) is -3.73. The topological polar surface area (TPSA) is 114 Å². The summed E-state index contributed by atoms with van der Waals surface area (Å²) in [6.45, 7) is 1.01. The lowest BCUT2D eigenvalue weighted by Crippen LogP contribution is -2.37. The third-order valence-corrected chi connectivity index (χ3v) is 4.94. The largest absolute Gasteiger partial charge is 0.454 e. The minimum atomic E-state index is -3.73. The summed E-state index contributed by atoms with van der Waals surface area (Å²) in [5, 5.41) is 5.24. The molecular formula is C18H19N3O6S. The van der Waals surface area contributed by atoms with Crippen molar-refractivity contribution in [3.8, 4) is 11.5 Å². The summed E-state index contributed by atoms with van der Waals surface area (Å²) in [6, 6.07) is 11.2. The van der Waals surface area contributed by atoms with Crippen molar-refractivity contribution in [2.24, 2.45) is 0 Å². The van der Waals surface area contributed by atoms with Gasteiger partial charge in [0.2, 0.25) is 28.6 Å². The van der Waals surface area contributed by atoms with Gasteiger partial charge in [-0.15, -0.1) is 0 Å². The number of fused-ring (bicyclic) bond motifs is 1. The molecule has 2 aromatic carbocycles. The summed E-state index contributed by atoms with van der Waals surface area (Å²) in [4.78, 5) is 23.6. The second-order valence-corrected chi connectivity index (χ2v) is 8.02. The molecule has 0 aliphatic carbocycles. The molecule has 28 heavy (non-hydrogen) atoms. The molecule has 0 radical (unpaired) electrons.